The molecule has 1 aliphatic heterocycles. The average molecular weight is 767 g/mol. The van der Waals surface area contributed by atoms with Crippen LogP contribution in [0.2, 0.25) is 0 Å². The van der Waals surface area contributed by atoms with Gasteiger partial charge in [-0.05, 0) is 97.8 Å². The normalized spacial score (nSPS) is 15.2. The molecule has 12 nitrogen and oxygen atoms in total. The van der Waals surface area contributed by atoms with E-state index in [-0.39, 0.29) is 11.1 Å². The first kappa shape index (κ1) is 41.1. The van der Waals surface area contributed by atoms with E-state index in [0.29, 0.717) is 41.1 Å². The molecule has 7 rings (SSSR count). The van der Waals surface area contributed by atoms with Crippen LogP contribution in [0.4, 0.5) is 21.9 Å². The van der Waals surface area contributed by atoms with E-state index in [2.05, 4.69) is 29.5 Å². The number of benzene rings is 4. The Balaban J connectivity index is 0.000000823. The van der Waals surface area contributed by atoms with E-state index in [1.54, 1.807) is 60.7 Å². The Labute approximate surface area is 331 Å². The van der Waals surface area contributed by atoms with Gasteiger partial charge in [0.2, 0.25) is 5.88 Å². The second kappa shape index (κ2) is 19.5. The van der Waals surface area contributed by atoms with Gasteiger partial charge in [-0.3, -0.25) is 24.7 Å². The molecule has 4 aromatic carbocycles. The van der Waals surface area contributed by atoms with Gasteiger partial charge >= 0.3 is 11.7 Å². The van der Waals surface area contributed by atoms with Crippen molar-refractivity contribution in [2.24, 2.45) is 0 Å². The van der Waals surface area contributed by atoms with Crippen molar-refractivity contribution in [1.29, 1.82) is 0 Å². The summed E-state index contributed by atoms with van der Waals surface area (Å²) in [6.45, 7) is 10.4. The molecule has 1 aliphatic carbocycles. The Kier molecular flexibility index (Phi) is 14.1. The number of hydrogen-bond acceptors (Lipinski definition) is 8. The van der Waals surface area contributed by atoms with Crippen LogP contribution < -0.4 is 31.7 Å². The highest BCUT2D eigenvalue weighted by Gasteiger charge is 2.38. The molecule has 1 aromatic heterocycles. The largest absolute Gasteiger partial charge is 0.494 e. The standard InChI is InChI=1S/C39H29N5O6.C4H11N.C2H6/c45-34-31(36(47)43(38(49)40-34)29-17-9-3-10-18-29)23-25-21-22-26(33(25)42(27-13-5-1-6-14-27)28-15-7-2-8-16-28)24-32-35(46)41-39(50)44(37(32)48)30-19-11-4-12-20-30;1-3-5-4-2;1-2/h1-20,23-24,45H,21-22H2,(H,40,49)(H,41,46,50);5H,3-4H2,1-2H3;1-2H3. The minimum absolute atomic E-state index is 0.150. The van der Waals surface area contributed by atoms with Crippen LogP contribution in [0.3, 0.4) is 0 Å². The van der Waals surface area contributed by atoms with E-state index in [1.165, 1.54) is 12.2 Å². The third-order valence-corrected chi connectivity index (χ3v) is 8.91. The molecule has 0 atom stereocenters. The zero-order valence-electron chi connectivity index (χ0n) is 32.4. The number of carbonyl (C=O) groups is 3. The predicted molar refractivity (Wildman–Crippen MR) is 225 cm³/mol. The number of anilines is 3. The monoisotopic (exact) mass is 766 g/mol. The molecule has 2 aliphatic rings. The Morgan fingerprint density at radius 2 is 1.21 bits per heavy atom. The van der Waals surface area contributed by atoms with Gasteiger partial charge in [0.05, 0.1) is 17.1 Å². The number of rotatable bonds is 9. The lowest BCUT2D eigenvalue weighted by Crippen LogP contribution is -2.54. The molecule has 12 heteroatoms. The molecule has 0 spiro atoms. The van der Waals surface area contributed by atoms with Gasteiger partial charge in [-0.15, -0.1) is 0 Å². The zero-order valence-corrected chi connectivity index (χ0v) is 32.4. The number of carbonyl (C=O) groups excluding carboxylic acids is 3. The fourth-order valence-electron chi connectivity index (χ4n) is 6.39. The second-order valence-corrected chi connectivity index (χ2v) is 12.5. The molecule has 0 radical (unpaired) electrons. The Morgan fingerprint density at radius 3 is 1.72 bits per heavy atom. The second-order valence-electron chi connectivity index (χ2n) is 12.5. The van der Waals surface area contributed by atoms with Gasteiger partial charge in [0.25, 0.3) is 17.4 Å². The third-order valence-electron chi connectivity index (χ3n) is 8.91. The first-order valence-corrected chi connectivity index (χ1v) is 18.9. The van der Waals surface area contributed by atoms with Crippen molar-refractivity contribution in [1.82, 2.24) is 20.2 Å². The summed E-state index contributed by atoms with van der Waals surface area (Å²) in [6.07, 6.45) is 3.67. The number of hydrogen-bond donors (Lipinski definition) is 4. The van der Waals surface area contributed by atoms with Gasteiger partial charge in [-0.25, -0.2) is 19.1 Å². The van der Waals surface area contributed by atoms with Gasteiger partial charge in [0, 0.05) is 11.4 Å². The molecule has 292 valence electrons. The smallest absolute Gasteiger partial charge is 0.335 e. The van der Waals surface area contributed by atoms with Crippen LogP contribution in [-0.4, -0.2) is 45.6 Å². The molecule has 1 fully saturated rings. The number of amides is 4. The lowest BCUT2D eigenvalue weighted by molar-refractivity contribution is -0.122. The van der Waals surface area contributed by atoms with Crippen molar-refractivity contribution in [3.63, 3.8) is 0 Å². The maximum atomic E-state index is 13.9. The Bertz CT molecular complexity index is 2360. The highest BCUT2D eigenvalue weighted by Crippen LogP contribution is 2.43. The number of barbiturate groups is 1. The average Bonchev–Trinajstić information content (AvgIpc) is 3.62. The first-order chi connectivity index (χ1) is 27.7. The highest BCUT2D eigenvalue weighted by molar-refractivity contribution is 6.37. The number of aromatic amines is 1. The third kappa shape index (κ3) is 9.26. The SMILES string of the molecule is CC.CCNCC.O=C1NC(=O)N(c2ccccc2)C(=O)C1=CC1=C(N(c2ccccc2)c2ccccc2)C(=Cc2c(O)[nH]c(=O)n(-c3ccccc3)c2=O)CC1. The van der Waals surface area contributed by atoms with E-state index < -0.39 is 35.0 Å². The Morgan fingerprint density at radius 1 is 0.702 bits per heavy atom. The van der Waals surface area contributed by atoms with Crippen LogP contribution in [0.15, 0.2) is 159 Å². The van der Waals surface area contributed by atoms with E-state index in [0.717, 1.165) is 33.9 Å². The topological polar surface area (TPSA) is 157 Å². The summed E-state index contributed by atoms with van der Waals surface area (Å²) in [5.74, 6) is -2.23. The lowest BCUT2D eigenvalue weighted by atomic mass is 10.0. The van der Waals surface area contributed by atoms with Crippen molar-refractivity contribution in [3.8, 4) is 11.6 Å². The summed E-state index contributed by atoms with van der Waals surface area (Å²) >= 11 is 0. The molecule has 2 heterocycles. The number of para-hydroxylation sites is 4. The number of H-pyrrole nitrogens is 1. The number of urea groups is 1. The minimum atomic E-state index is -0.858. The van der Waals surface area contributed by atoms with Crippen LogP contribution in [0.25, 0.3) is 11.8 Å². The Hall–Kier alpha value is -7.05. The summed E-state index contributed by atoms with van der Waals surface area (Å²) in [5.41, 5.74) is 1.87. The van der Waals surface area contributed by atoms with Crippen LogP contribution in [0.1, 0.15) is 46.1 Å². The summed E-state index contributed by atoms with van der Waals surface area (Å²) < 4.78 is 0.944. The zero-order chi connectivity index (χ0) is 40.9. The molecule has 0 saturated carbocycles. The van der Waals surface area contributed by atoms with E-state index in [9.17, 15) is 29.1 Å². The highest BCUT2D eigenvalue weighted by atomic mass is 16.3. The fourth-order valence-corrected chi connectivity index (χ4v) is 6.39. The molecule has 1 saturated heterocycles. The van der Waals surface area contributed by atoms with Crippen LogP contribution in [0, 0.1) is 0 Å². The molecular formula is C45H46N6O6. The van der Waals surface area contributed by atoms with E-state index >= 15 is 0 Å². The van der Waals surface area contributed by atoms with E-state index in [1.807, 2.05) is 79.4 Å². The number of allylic oxidation sites excluding steroid dienone is 3. The van der Waals surface area contributed by atoms with Crippen molar-refractivity contribution >= 4 is 41.0 Å². The molecule has 4 N–H and O–H groups in total. The molecule has 0 bridgehead atoms. The van der Waals surface area contributed by atoms with Crippen LogP contribution in [0.5, 0.6) is 5.88 Å². The first-order valence-electron chi connectivity index (χ1n) is 18.9. The quantitative estimate of drug-likeness (QED) is 0.0897. The number of imide groups is 2. The number of nitrogens with one attached hydrogen (secondary N) is 3. The summed E-state index contributed by atoms with van der Waals surface area (Å²) in [7, 11) is 0. The molecule has 0 unspecified atom stereocenters. The van der Waals surface area contributed by atoms with Crippen LogP contribution in [-0.2, 0) is 9.59 Å². The molecule has 5 aromatic rings. The maximum absolute atomic E-state index is 13.9. The molecule has 57 heavy (non-hydrogen) atoms. The molecular weight excluding hydrogens is 721 g/mol. The summed E-state index contributed by atoms with van der Waals surface area (Å²) in [5, 5.41) is 16.3. The lowest BCUT2D eigenvalue weighted by Gasteiger charge is -2.29. The molecule has 4 amide bonds. The van der Waals surface area contributed by atoms with Crippen molar-refractivity contribution in [2.45, 2.75) is 40.5 Å². The van der Waals surface area contributed by atoms with Gasteiger partial charge < -0.3 is 15.3 Å². The van der Waals surface area contributed by atoms with Crippen LogP contribution >= 0.6 is 0 Å². The summed E-state index contributed by atoms with van der Waals surface area (Å²) in [6, 6.07) is 34.6. The van der Waals surface area contributed by atoms with Gasteiger partial charge in [-0.2, -0.15) is 0 Å². The van der Waals surface area contributed by atoms with Crippen molar-refractivity contribution in [3.05, 3.63) is 176 Å². The van der Waals surface area contributed by atoms with Crippen molar-refractivity contribution in [2.75, 3.05) is 22.9 Å². The maximum Gasteiger partial charge on any atom is 0.335 e. The van der Waals surface area contributed by atoms with E-state index in [4.69, 9.17) is 0 Å². The number of aromatic nitrogens is 2. The fraction of sp³-hybridized carbons (Fsp3) is 0.178. The summed E-state index contributed by atoms with van der Waals surface area (Å²) in [4.78, 5) is 71.9. The number of aromatic hydroxyl groups is 1. The van der Waals surface area contributed by atoms with Gasteiger partial charge in [0.15, 0.2) is 0 Å². The van der Waals surface area contributed by atoms with Crippen molar-refractivity contribution < 1.29 is 19.5 Å². The van der Waals surface area contributed by atoms with Gasteiger partial charge in [-0.1, -0.05) is 100 Å². The minimum Gasteiger partial charge on any atom is -0.494 e. The number of nitrogens with zero attached hydrogens (tertiary/aromatic N) is 3. The van der Waals surface area contributed by atoms with Gasteiger partial charge in [0.1, 0.15) is 11.1 Å². The predicted octanol–water partition coefficient (Wildman–Crippen LogP) is 7.35.